The van der Waals surface area contributed by atoms with Gasteiger partial charge < -0.3 is 15.4 Å². The molecule has 1 heterocycles. The van der Waals surface area contributed by atoms with Gasteiger partial charge in [0.2, 0.25) is 0 Å². The van der Waals surface area contributed by atoms with Crippen LogP contribution in [-0.4, -0.2) is 42.4 Å². The fourth-order valence-corrected chi connectivity index (χ4v) is 2.52. The van der Waals surface area contributed by atoms with Crippen LogP contribution in [0.15, 0.2) is 35.3 Å². The second-order valence-electron chi connectivity index (χ2n) is 5.65. The molecule has 0 fully saturated rings. The van der Waals surface area contributed by atoms with Crippen LogP contribution in [0, 0.1) is 13.8 Å². The molecule has 0 aliphatic rings. The van der Waals surface area contributed by atoms with E-state index in [0.717, 1.165) is 22.6 Å². The van der Waals surface area contributed by atoms with Gasteiger partial charge in [0.05, 0.1) is 24.9 Å². The number of methoxy groups -OCH3 is 1. The lowest BCUT2D eigenvalue weighted by Gasteiger charge is -2.14. The molecule has 1 aromatic carbocycles. The average molecular weight is 471 g/mol. The Labute approximate surface area is 171 Å². The van der Waals surface area contributed by atoms with Crippen molar-refractivity contribution < 1.29 is 9.53 Å². The number of hydrogen-bond acceptors (Lipinski definition) is 4. The maximum absolute atomic E-state index is 11.2. The Kier molecular flexibility index (Phi) is 9.11. The zero-order chi connectivity index (χ0) is 18.2. The first-order valence-corrected chi connectivity index (χ1v) is 8.18. The van der Waals surface area contributed by atoms with Crippen molar-refractivity contribution in [2.45, 2.75) is 26.8 Å². The maximum Gasteiger partial charge on any atom is 0.307 e. The number of aliphatic imine (C=N–C) groups is 1. The van der Waals surface area contributed by atoms with E-state index in [0.29, 0.717) is 25.5 Å². The minimum absolute atomic E-state index is 0. The summed E-state index contributed by atoms with van der Waals surface area (Å²) in [5.41, 5.74) is 4.21. The van der Waals surface area contributed by atoms with Gasteiger partial charge in [-0.3, -0.25) is 9.79 Å². The van der Waals surface area contributed by atoms with Crippen LogP contribution in [0.1, 0.15) is 23.4 Å². The van der Waals surface area contributed by atoms with E-state index in [-0.39, 0.29) is 29.9 Å². The number of halogens is 1. The number of nitrogens with zero attached hydrogens (tertiary/aromatic N) is 3. The van der Waals surface area contributed by atoms with Crippen LogP contribution in [-0.2, 0) is 16.1 Å². The maximum atomic E-state index is 11.2. The topological polar surface area (TPSA) is 80.5 Å². The molecule has 7 nitrogen and oxygen atoms in total. The van der Waals surface area contributed by atoms with E-state index in [2.05, 4.69) is 37.6 Å². The number of carbonyl (C=O) groups excluding carboxylic acids is 1. The molecule has 0 atom stereocenters. The monoisotopic (exact) mass is 471 g/mol. The van der Waals surface area contributed by atoms with Crippen LogP contribution in [0.5, 0.6) is 0 Å². The Morgan fingerprint density at radius 1 is 1.27 bits per heavy atom. The number of esters is 1. The average Bonchev–Trinajstić information content (AvgIpc) is 2.96. The number of rotatable bonds is 6. The molecule has 0 saturated carbocycles. The Bertz CT molecular complexity index is 758. The van der Waals surface area contributed by atoms with Gasteiger partial charge in [-0.1, -0.05) is 18.2 Å². The van der Waals surface area contributed by atoms with E-state index >= 15 is 0 Å². The van der Waals surface area contributed by atoms with Crippen LogP contribution in [0.2, 0.25) is 0 Å². The quantitative estimate of drug-likeness (QED) is 0.293. The lowest BCUT2D eigenvalue weighted by Crippen LogP contribution is -2.38. The number of hydrogen-bond donors (Lipinski definition) is 2. The number of aromatic nitrogens is 2. The van der Waals surface area contributed by atoms with Gasteiger partial charge in [-0.2, -0.15) is 5.10 Å². The van der Waals surface area contributed by atoms with E-state index in [1.165, 1.54) is 7.11 Å². The van der Waals surface area contributed by atoms with Crippen molar-refractivity contribution in [1.29, 1.82) is 0 Å². The summed E-state index contributed by atoms with van der Waals surface area (Å²) in [6.07, 6.45) is 0.291. The number of benzene rings is 1. The van der Waals surface area contributed by atoms with Crippen molar-refractivity contribution in [1.82, 2.24) is 20.4 Å². The van der Waals surface area contributed by atoms with Crippen LogP contribution in [0.25, 0.3) is 5.69 Å². The van der Waals surface area contributed by atoms with E-state index < -0.39 is 0 Å². The molecule has 0 amide bonds. The SMILES string of the molecule is CN=C(NCCC(=O)OC)NCc1ccccc1-n1nc(C)cc1C.I. The molecule has 2 N–H and O–H groups in total. The molecule has 2 rings (SSSR count). The molecule has 8 heteroatoms. The molecule has 1 aromatic heterocycles. The second kappa shape index (κ2) is 10.8. The molecule has 0 bridgehead atoms. The number of aryl methyl sites for hydroxylation is 2. The van der Waals surface area contributed by atoms with Gasteiger partial charge in [0, 0.05) is 25.8 Å². The number of para-hydroxylation sites is 1. The van der Waals surface area contributed by atoms with Crippen LogP contribution < -0.4 is 10.6 Å². The minimum atomic E-state index is -0.252. The second-order valence-corrected chi connectivity index (χ2v) is 5.65. The zero-order valence-corrected chi connectivity index (χ0v) is 17.9. The highest BCUT2D eigenvalue weighted by atomic mass is 127. The Hall–Kier alpha value is -2.10. The molecule has 2 aromatic rings. The minimum Gasteiger partial charge on any atom is -0.469 e. The molecule has 142 valence electrons. The summed E-state index contributed by atoms with van der Waals surface area (Å²) in [7, 11) is 3.08. The van der Waals surface area contributed by atoms with Gasteiger partial charge in [-0.15, -0.1) is 24.0 Å². The Morgan fingerprint density at radius 2 is 2.00 bits per heavy atom. The molecular weight excluding hydrogens is 445 g/mol. The van der Waals surface area contributed by atoms with Crippen molar-refractivity contribution in [3.63, 3.8) is 0 Å². The first kappa shape index (κ1) is 21.9. The Morgan fingerprint density at radius 3 is 2.62 bits per heavy atom. The van der Waals surface area contributed by atoms with Crippen molar-refractivity contribution >= 4 is 35.9 Å². The third-order valence-electron chi connectivity index (χ3n) is 3.75. The van der Waals surface area contributed by atoms with Crippen LogP contribution >= 0.6 is 24.0 Å². The summed E-state index contributed by atoms with van der Waals surface area (Å²) in [5.74, 6) is 0.380. The zero-order valence-electron chi connectivity index (χ0n) is 15.6. The van der Waals surface area contributed by atoms with Crippen molar-refractivity contribution in [3.05, 3.63) is 47.3 Å². The van der Waals surface area contributed by atoms with E-state index in [9.17, 15) is 4.79 Å². The Balaban J connectivity index is 0.00000338. The van der Waals surface area contributed by atoms with Crippen LogP contribution in [0.3, 0.4) is 0 Å². The summed E-state index contributed by atoms with van der Waals surface area (Å²) >= 11 is 0. The van der Waals surface area contributed by atoms with Crippen molar-refractivity contribution in [2.75, 3.05) is 20.7 Å². The van der Waals surface area contributed by atoms with E-state index in [1.807, 2.05) is 36.7 Å². The van der Waals surface area contributed by atoms with Gasteiger partial charge in [0.15, 0.2) is 5.96 Å². The predicted octanol–water partition coefficient (Wildman–Crippen LogP) is 2.34. The smallest absolute Gasteiger partial charge is 0.307 e. The first-order chi connectivity index (χ1) is 12.0. The van der Waals surface area contributed by atoms with Gasteiger partial charge in [-0.05, 0) is 31.5 Å². The molecule has 0 unspecified atom stereocenters. The summed E-state index contributed by atoms with van der Waals surface area (Å²) in [6, 6.07) is 10.2. The highest BCUT2D eigenvalue weighted by molar-refractivity contribution is 14.0. The summed E-state index contributed by atoms with van der Waals surface area (Å²) < 4.78 is 6.57. The number of guanidine groups is 1. The predicted molar refractivity (Wildman–Crippen MR) is 113 cm³/mol. The summed E-state index contributed by atoms with van der Waals surface area (Å²) in [4.78, 5) is 15.3. The summed E-state index contributed by atoms with van der Waals surface area (Å²) in [5, 5.41) is 10.9. The van der Waals surface area contributed by atoms with Crippen LogP contribution in [0.4, 0.5) is 0 Å². The highest BCUT2D eigenvalue weighted by Gasteiger charge is 2.09. The summed E-state index contributed by atoms with van der Waals surface area (Å²) in [6.45, 7) is 5.08. The van der Waals surface area contributed by atoms with E-state index in [4.69, 9.17) is 0 Å². The van der Waals surface area contributed by atoms with E-state index in [1.54, 1.807) is 7.05 Å². The van der Waals surface area contributed by atoms with Gasteiger partial charge in [0.25, 0.3) is 0 Å². The van der Waals surface area contributed by atoms with Gasteiger partial charge in [-0.25, -0.2) is 4.68 Å². The fraction of sp³-hybridized carbons (Fsp3) is 0.389. The largest absolute Gasteiger partial charge is 0.469 e. The lowest BCUT2D eigenvalue weighted by atomic mass is 10.1. The fourth-order valence-electron chi connectivity index (χ4n) is 2.52. The molecule has 0 spiro atoms. The molecule has 26 heavy (non-hydrogen) atoms. The lowest BCUT2D eigenvalue weighted by molar-refractivity contribution is -0.140. The van der Waals surface area contributed by atoms with Gasteiger partial charge in [0.1, 0.15) is 0 Å². The van der Waals surface area contributed by atoms with Gasteiger partial charge >= 0.3 is 5.97 Å². The van der Waals surface area contributed by atoms with Crippen molar-refractivity contribution in [2.24, 2.45) is 4.99 Å². The molecular formula is C18H26IN5O2. The molecule has 0 radical (unpaired) electrons. The highest BCUT2D eigenvalue weighted by Crippen LogP contribution is 2.16. The number of ether oxygens (including phenoxy) is 1. The number of carbonyl (C=O) groups is 1. The molecule has 0 saturated heterocycles. The first-order valence-electron chi connectivity index (χ1n) is 8.18. The normalized spacial score (nSPS) is 10.8. The third-order valence-corrected chi connectivity index (χ3v) is 3.75. The number of nitrogens with one attached hydrogen (secondary N) is 2. The molecule has 0 aliphatic heterocycles. The molecule has 0 aliphatic carbocycles. The standard InChI is InChI=1S/C18H25N5O2.HI/c1-13-11-14(2)23(22-13)16-8-6-5-7-15(16)12-21-18(19-3)20-10-9-17(24)25-4;/h5-8,11H,9-10,12H2,1-4H3,(H2,19,20,21);1H. The van der Waals surface area contributed by atoms with Crippen molar-refractivity contribution in [3.8, 4) is 5.69 Å². The third kappa shape index (κ3) is 6.01.